The van der Waals surface area contributed by atoms with Crippen LogP contribution in [0.3, 0.4) is 0 Å². The van der Waals surface area contributed by atoms with Crippen molar-refractivity contribution in [2.75, 3.05) is 64.6 Å². The molecular weight excluding hydrogens is 380 g/mol. The second-order valence-corrected chi connectivity index (χ2v) is 7.78. The van der Waals surface area contributed by atoms with Gasteiger partial charge in [0.1, 0.15) is 18.1 Å². The van der Waals surface area contributed by atoms with Crippen LogP contribution in [0.5, 0.6) is 11.5 Å². The second kappa shape index (κ2) is 11.2. The van der Waals surface area contributed by atoms with E-state index in [1.54, 1.807) is 7.11 Å². The summed E-state index contributed by atoms with van der Waals surface area (Å²) in [6.07, 6.45) is -0.488. The van der Waals surface area contributed by atoms with Crippen molar-refractivity contribution in [2.45, 2.75) is 20.0 Å². The first-order valence-electron chi connectivity index (χ1n) is 10.6. The number of rotatable bonds is 10. The van der Waals surface area contributed by atoms with Crippen molar-refractivity contribution in [3.8, 4) is 11.5 Å². The number of hydrogen-bond acceptors (Lipinski definition) is 6. The minimum Gasteiger partial charge on any atom is -0.497 e. The molecule has 6 heteroatoms. The molecule has 1 saturated heterocycles. The summed E-state index contributed by atoms with van der Waals surface area (Å²) in [6.45, 7) is 9.76. The summed E-state index contributed by atoms with van der Waals surface area (Å²) < 4.78 is 16.7. The minimum atomic E-state index is -0.488. The van der Waals surface area contributed by atoms with Crippen LogP contribution in [0.1, 0.15) is 11.1 Å². The third-order valence-corrected chi connectivity index (χ3v) is 5.47. The van der Waals surface area contributed by atoms with E-state index < -0.39 is 6.10 Å². The SMILES string of the molecule is COc1ccc(N2CCN(CC(O)COCCOc3c(C)cccc3C)CC2)cc1. The van der Waals surface area contributed by atoms with Crippen LogP contribution < -0.4 is 14.4 Å². The van der Waals surface area contributed by atoms with Gasteiger partial charge < -0.3 is 24.2 Å². The Kier molecular flexibility index (Phi) is 8.37. The van der Waals surface area contributed by atoms with Gasteiger partial charge in [-0.05, 0) is 49.2 Å². The van der Waals surface area contributed by atoms with Gasteiger partial charge in [0.2, 0.25) is 0 Å². The first kappa shape index (κ1) is 22.4. The number of para-hydroxylation sites is 1. The Hall–Kier alpha value is -2.28. The number of aliphatic hydroxyl groups excluding tert-OH is 1. The molecule has 1 unspecified atom stereocenters. The molecule has 0 amide bonds. The van der Waals surface area contributed by atoms with Crippen molar-refractivity contribution < 1.29 is 19.3 Å². The molecule has 1 fully saturated rings. The lowest BCUT2D eigenvalue weighted by Gasteiger charge is -2.36. The van der Waals surface area contributed by atoms with Crippen LogP contribution in [0.25, 0.3) is 0 Å². The monoisotopic (exact) mass is 414 g/mol. The number of nitrogens with zero attached hydrogens (tertiary/aromatic N) is 2. The zero-order valence-electron chi connectivity index (χ0n) is 18.3. The maximum absolute atomic E-state index is 10.3. The molecule has 30 heavy (non-hydrogen) atoms. The topological polar surface area (TPSA) is 54.4 Å². The van der Waals surface area contributed by atoms with Crippen LogP contribution in [0.15, 0.2) is 42.5 Å². The molecule has 1 atom stereocenters. The van der Waals surface area contributed by atoms with Gasteiger partial charge in [-0.15, -0.1) is 0 Å². The Labute approximate surface area is 180 Å². The first-order chi connectivity index (χ1) is 14.6. The Morgan fingerprint density at radius 3 is 2.23 bits per heavy atom. The van der Waals surface area contributed by atoms with Crippen molar-refractivity contribution in [1.82, 2.24) is 4.90 Å². The molecule has 6 nitrogen and oxygen atoms in total. The Morgan fingerprint density at radius 2 is 1.60 bits per heavy atom. The second-order valence-electron chi connectivity index (χ2n) is 7.78. The van der Waals surface area contributed by atoms with Gasteiger partial charge in [-0.2, -0.15) is 0 Å². The van der Waals surface area contributed by atoms with Gasteiger partial charge in [-0.25, -0.2) is 0 Å². The van der Waals surface area contributed by atoms with Crippen molar-refractivity contribution in [3.05, 3.63) is 53.6 Å². The van der Waals surface area contributed by atoms with Crippen molar-refractivity contribution >= 4 is 5.69 Å². The molecule has 1 N–H and O–H groups in total. The van der Waals surface area contributed by atoms with E-state index in [0.717, 1.165) is 48.8 Å². The Balaban J connectivity index is 1.30. The summed E-state index contributed by atoms with van der Waals surface area (Å²) in [5, 5.41) is 10.3. The predicted molar refractivity (Wildman–Crippen MR) is 120 cm³/mol. The summed E-state index contributed by atoms with van der Waals surface area (Å²) in [4.78, 5) is 4.66. The molecule has 0 aromatic heterocycles. The van der Waals surface area contributed by atoms with E-state index in [2.05, 4.69) is 21.9 Å². The number of aryl methyl sites for hydroxylation is 2. The summed E-state index contributed by atoms with van der Waals surface area (Å²) in [5.41, 5.74) is 3.47. The molecule has 0 saturated carbocycles. The third kappa shape index (κ3) is 6.36. The zero-order valence-corrected chi connectivity index (χ0v) is 18.3. The van der Waals surface area contributed by atoms with Crippen LogP contribution in [-0.4, -0.2) is 75.8 Å². The fourth-order valence-electron chi connectivity index (χ4n) is 3.78. The van der Waals surface area contributed by atoms with E-state index in [0.29, 0.717) is 26.4 Å². The molecule has 2 aromatic rings. The fraction of sp³-hybridized carbons (Fsp3) is 0.500. The van der Waals surface area contributed by atoms with Gasteiger partial charge in [0.25, 0.3) is 0 Å². The number of aliphatic hydroxyl groups is 1. The highest BCUT2D eigenvalue weighted by Crippen LogP contribution is 2.22. The van der Waals surface area contributed by atoms with Gasteiger partial charge >= 0.3 is 0 Å². The van der Waals surface area contributed by atoms with Gasteiger partial charge in [0, 0.05) is 38.4 Å². The van der Waals surface area contributed by atoms with Crippen molar-refractivity contribution in [1.29, 1.82) is 0 Å². The van der Waals surface area contributed by atoms with E-state index in [1.165, 1.54) is 5.69 Å². The molecular formula is C24H34N2O4. The van der Waals surface area contributed by atoms with Gasteiger partial charge in [0.15, 0.2) is 0 Å². The highest BCUT2D eigenvalue weighted by Gasteiger charge is 2.19. The molecule has 3 rings (SSSR count). The molecule has 0 aliphatic carbocycles. The summed E-state index contributed by atoms with van der Waals surface area (Å²) in [5.74, 6) is 1.80. The van der Waals surface area contributed by atoms with Crippen LogP contribution >= 0.6 is 0 Å². The number of hydrogen-bond donors (Lipinski definition) is 1. The molecule has 0 radical (unpaired) electrons. The molecule has 164 valence electrons. The normalized spacial score (nSPS) is 15.8. The Morgan fingerprint density at radius 1 is 0.933 bits per heavy atom. The molecule has 1 aliphatic heterocycles. The maximum atomic E-state index is 10.3. The van der Waals surface area contributed by atoms with E-state index >= 15 is 0 Å². The van der Waals surface area contributed by atoms with Crippen molar-refractivity contribution in [3.63, 3.8) is 0 Å². The molecule has 1 aliphatic rings. The average molecular weight is 415 g/mol. The highest BCUT2D eigenvalue weighted by molar-refractivity contribution is 5.49. The lowest BCUT2D eigenvalue weighted by atomic mass is 10.1. The molecule has 0 spiro atoms. The molecule has 0 bridgehead atoms. The summed E-state index contributed by atoms with van der Waals surface area (Å²) in [7, 11) is 1.68. The maximum Gasteiger partial charge on any atom is 0.125 e. The fourth-order valence-corrected chi connectivity index (χ4v) is 3.78. The number of β-amino-alcohol motifs (C(OH)–C–C–N with tert-alkyl or cyclic N) is 1. The number of methoxy groups -OCH3 is 1. The van der Waals surface area contributed by atoms with Crippen LogP contribution in [0.2, 0.25) is 0 Å². The van der Waals surface area contributed by atoms with Gasteiger partial charge in [-0.1, -0.05) is 18.2 Å². The lowest BCUT2D eigenvalue weighted by molar-refractivity contribution is 0.00707. The number of benzene rings is 2. The van der Waals surface area contributed by atoms with E-state index in [1.807, 2.05) is 44.2 Å². The minimum absolute atomic E-state index is 0.328. The quantitative estimate of drug-likeness (QED) is 0.604. The van der Waals surface area contributed by atoms with E-state index in [9.17, 15) is 5.11 Å². The number of piperazine rings is 1. The van der Waals surface area contributed by atoms with Crippen molar-refractivity contribution in [2.24, 2.45) is 0 Å². The standard InChI is InChI=1S/C24H34N2O4/c1-19-5-4-6-20(2)24(19)30-16-15-29-18-22(27)17-25-11-13-26(14-12-25)21-7-9-23(28-3)10-8-21/h4-10,22,27H,11-18H2,1-3H3. The summed E-state index contributed by atoms with van der Waals surface area (Å²) in [6, 6.07) is 14.3. The van der Waals surface area contributed by atoms with Gasteiger partial charge in [0.05, 0.1) is 26.4 Å². The lowest BCUT2D eigenvalue weighted by Crippen LogP contribution is -2.49. The predicted octanol–water partition coefficient (Wildman–Crippen LogP) is 2.89. The third-order valence-electron chi connectivity index (χ3n) is 5.47. The van der Waals surface area contributed by atoms with E-state index in [4.69, 9.17) is 14.2 Å². The number of ether oxygens (including phenoxy) is 3. The smallest absolute Gasteiger partial charge is 0.125 e. The van der Waals surface area contributed by atoms with Crippen LogP contribution in [0, 0.1) is 13.8 Å². The van der Waals surface area contributed by atoms with Gasteiger partial charge in [-0.3, -0.25) is 4.90 Å². The number of anilines is 1. The average Bonchev–Trinajstić information content (AvgIpc) is 2.76. The van der Waals surface area contributed by atoms with Crippen LogP contribution in [0.4, 0.5) is 5.69 Å². The molecule has 2 aromatic carbocycles. The van der Waals surface area contributed by atoms with Crippen LogP contribution in [-0.2, 0) is 4.74 Å². The Bertz CT molecular complexity index is 753. The molecule has 1 heterocycles. The van der Waals surface area contributed by atoms with E-state index in [-0.39, 0.29) is 0 Å². The zero-order chi connectivity index (χ0) is 21.3. The largest absolute Gasteiger partial charge is 0.497 e. The summed E-state index contributed by atoms with van der Waals surface area (Å²) >= 11 is 0. The first-order valence-corrected chi connectivity index (χ1v) is 10.6. The highest BCUT2D eigenvalue weighted by atomic mass is 16.5.